The Balaban J connectivity index is 0.00000144. The Morgan fingerprint density at radius 3 is 2.88 bits per heavy atom. The lowest BCUT2D eigenvalue weighted by molar-refractivity contribution is -0.125. The van der Waals surface area contributed by atoms with E-state index in [-0.39, 0.29) is 24.1 Å². The molecule has 0 aliphatic carbocycles. The minimum Gasteiger partial charge on any atom is -0.272 e. The Labute approximate surface area is 113 Å². The Kier molecular flexibility index (Phi) is 4.86. The van der Waals surface area contributed by atoms with Crippen LogP contribution in [0.25, 0.3) is 0 Å². The van der Waals surface area contributed by atoms with Crippen LogP contribution < -0.4 is 5.43 Å². The van der Waals surface area contributed by atoms with Crippen molar-refractivity contribution >= 4 is 52.5 Å². The average Bonchev–Trinajstić information content (AvgIpc) is 2.62. The van der Waals surface area contributed by atoms with Crippen LogP contribution in [0.3, 0.4) is 0 Å². The lowest BCUT2D eigenvalue weighted by Crippen LogP contribution is -2.45. The number of hydrogen-bond donors (Lipinski definition) is 1. The predicted molar refractivity (Wildman–Crippen MR) is 70.9 cm³/mol. The number of thiocarbonyl (C=S) groups is 1. The molecule has 0 saturated carbocycles. The normalized spacial score (nSPS) is 14.5. The molecule has 1 aliphatic heterocycles. The van der Waals surface area contributed by atoms with E-state index < -0.39 is 5.91 Å². The Morgan fingerprint density at radius 2 is 2.35 bits per heavy atom. The first-order valence-corrected chi connectivity index (χ1v) is 5.78. The fourth-order valence-corrected chi connectivity index (χ4v) is 2.10. The molecular weight excluding hydrogens is 282 g/mol. The summed E-state index contributed by atoms with van der Waals surface area (Å²) in [7, 11) is 0. The van der Waals surface area contributed by atoms with Crippen molar-refractivity contribution in [1.29, 1.82) is 0 Å². The zero-order chi connectivity index (χ0) is 11.5. The molecule has 0 spiro atoms. The maximum absolute atomic E-state index is 11.7. The van der Waals surface area contributed by atoms with Crippen LogP contribution in [0.15, 0.2) is 24.5 Å². The van der Waals surface area contributed by atoms with Gasteiger partial charge in [-0.3, -0.25) is 20.0 Å². The summed E-state index contributed by atoms with van der Waals surface area (Å²) >= 11 is 6.15. The Morgan fingerprint density at radius 1 is 1.59 bits per heavy atom. The fraction of sp³-hybridized carbons (Fsp3) is 0.111. The number of carbonyl (C=O) groups is 2. The Hall–Kier alpha value is -1.18. The second-order valence-corrected chi connectivity index (χ2v) is 4.58. The quantitative estimate of drug-likeness (QED) is 0.823. The number of pyridine rings is 1. The molecule has 5 nitrogen and oxygen atoms in total. The maximum atomic E-state index is 11.7. The summed E-state index contributed by atoms with van der Waals surface area (Å²) in [5.74, 6) is -0.342. The fourth-order valence-electron chi connectivity index (χ4n) is 1.13. The van der Waals surface area contributed by atoms with E-state index in [0.29, 0.717) is 9.88 Å². The van der Waals surface area contributed by atoms with E-state index in [1.54, 1.807) is 18.3 Å². The molecule has 1 fully saturated rings. The van der Waals surface area contributed by atoms with Gasteiger partial charge in [-0.05, 0) is 12.1 Å². The number of hydrogen-bond acceptors (Lipinski definition) is 5. The van der Waals surface area contributed by atoms with Gasteiger partial charge in [0.1, 0.15) is 0 Å². The van der Waals surface area contributed by atoms with Crippen molar-refractivity contribution in [2.24, 2.45) is 0 Å². The first-order valence-electron chi connectivity index (χ1n) is 4.39. The van der Waals surface area contributed by atoms with E-state index in [1.165, 1.54) is 18.0 Å². The molecule has 2 heterocycles. The lowest BCUT2D eigenvalue weighted by Gasteiger charge is -2.15. The number of nitrogens with zero attached hydrogens (tertiary/aromatic N) is 2. The van der Waals surface area contributed by atoms with Crippen molar-refractivity contribution in [2.75, 3.05) is 5.75 Å². The van der Waals surface area contributed by atoms with Crippen molar-refractivity contribution < 1.29 is 9.59 Å². The molecule has 0 atom stereocenters. The molecule has 90 valence electrons. The molecule has 1 aromatic rings. The van der Waals surface area contributed by atoms with Gasteiger partial charge < -0.3 is 0 Å². The maximum Gasteiger partial charge on any atom is 0.271 e. The van der Waals surface area contributed by atoms with Crippen molar-refractivity contribution in [3.63, 3.8) is 0 Å². The number of thioether (sulfide) groups is 1. The minimum absolute atomic E-state index is 0. The third-order valence-corrected chi connectivity index (χ3v) is 3.25. The zero-order valence-corrected chi connectivity index (χ0v) is 10.9. The van der Waals surface area contributed by atoms with Crippen LogP contribution in [0.4, 0.5) is 0 Å². The van der Waals surface area contributed by atoms with Gasteiger partial charge in [0.2, 0.25) is 0 Å². The van der Waals surface area contributed by atoms with Gasteiger partial charge >= 0.3 is 0 Å². The molecular formula is C9H8ClN3O2S2. The third kappa shape index (κ3) is 3.15. The first-order chi connectivity index (χ1) is 7.68. The SMILES string of the molecule is Cl.O=C(NN1C(=O)CSC1=S)c1cccnc1. The van der Waals surface area contributed by atoms with Crippen LogP contribution in [-0.2, 0) is 4.79 Å². The summed E-state index contributed by atoms with van der Waals surface area (Å²) in [6.07, 6.45) is 2.99. The number of halogens is 1. The van der Waals surface area contributed by atoms with Crippen molar-refractivity contribution in [1.82, 2.24) is 15.4 Å². The van der Waals surface area contributed by atoms with Gasteiger partial charge in [-0.1, -0.05) is 24.0 Å². The monoisotopic (exact) mass is 289 g/mol. The van der Waals surface area contributed by atoms with Gasteiger partial charge in [-0.15, -0.1) is 12.4 Å². The number of carbonyl (C=O) groups excluding carboxylic acids is 2. The molecule has 0 aromatic carbocycles. The predicted octanol–water partition coefficient (Wildman–Crippen LogP) is 1.01. The largest absolute Gasteiger partial charge is 0.272 e. The van der Waals surface area contributed by atoms with Gasteiger partial charge in [0.25, 0.3) is 11.8 Å². The number of hydrazine groups is 1. The summed E-state index contributed by atoms with van der Waals surface area (Å²) in [4.78, 5) is 26.8. The van der Waals surface area contributed by atoms with Crippen LogP contribution >= 0.6 is 36.4 Å². The van der Waals surface area contributed by atoms with E-state index in [1.807, 2.05) is 0 Å². The van der Waals surface area contributed by atoms with Crippen molar-refractivity contribution in [3.05, 3.63) is 30.1 Å². The highest BCUT2D eigenvalue weighted by atomic mass is 35.5. The van der Waals surface area contributed by atoms with Crippen molar-refractivity contribution in [2.45, 2.75) is 0 Å². The highest BCUT2D eigenvalue weighted by Gasteiger charge is 2.28. The van der Waals surface area contributed by atoms with Crippen LogP contribution in [0.5, 0.6) is 0 Å². The molecule has 2 amide bonds. The van der Waals surface area contributed by atoms with E-state index in [2.05, 4.69) is 10.4 Å². The molecule has 1 N–H and O–H groups in total. The standard InChI is InChI=1S/C9H7N3O2S2.ClH/c13-7-5-16-9(15)12(7)11-8(14)6-2-1-3-10-4-6;/h1-4H,5H2,(H,11,14);1H. The van der Waals surface area contributed by atoms with Gasteiger partial charge in [0.15, 0.2) is 4.32 Å². The van der Waals surface area contributed by atoms with Crippen molar-refractivity contribution in [3.8, 4) is 0 Å². The van der Waals surface area contributed by atoms with Gasteiger partial charge in [0, 0.05) is 12.4 Å². The summed E-state index contributed by atoms with van der Waals surface area (Å²) in [6, 6.07) is 3.26. The molecule has 17 heavy (non-hydrogen) atoms. The van der Waals surface area contributed by atoms with Gasteiger partial charge in [0.05, 0.1) is 11.3 Å². The smallest absolute Gasteiger partial charge is 0.271 e. The van der Waals surface area contributed by atoms with Crippen LogP contribution in [0.1, 0.15) is 10.4 Å². The molecule has 0 unspecified atom stereocenters. The average molecular weight is 290 g/mol. The molecule has 1 saturated heterocycles. The summed E-state index contributed by atoms with van der Waals surface area (Å²) in [6.45, 7) is 0. The summed E-state index contributed by atoms with van der Waals surface area (Å²) in [5, 5.41) is 1.09. The number of rotatable bonds is 2. The van der Waals surface area contributed by atoms with E-state index >= 15 is 0 Å². The molecule has 1 aliphatic rings. The molecule has 8 heteroatoms. The second-order valence-electron chi connectivity index (χ2n) is 2.97. The number of amides is 2. The highest BCUT2D eigenvalue weighted by Crippen LogP contribution is 2.17. The molecule has 1 aromatic heterocycles. The topological polar surface area (TPSA) is 62.3 Å². The summed E-state index contributed by atoms with van der Waals surface area (Å²) in [5.41, 5.74) is 2.82. The second kappa shape index (κ2) is 5.95. The van der Waals surface area contributed by atoms with E-state index in [9.17, 15) is 9.59 Å². The summed E-state index contributed by atoms with van der Waals surface area (Å²) < 4.78 is 0.363. The van der Waals surface area contributed by atoms with Gasteiger partial charge in [-0.25, -0.2) is 5.01 Å². The van der Waals surface area contributed by atoms with Gasteiger partial charge in [-0.2, -0.15) is 0 Å². The molecule has 0 radical (unpaired) electrons. The van der Waals surface area contributed by atoms with Crippen LogP contribution in [0.2, 0.25) is 0 Å². The van der Waals surface area contributed by atoms with E-state index in [4.69, 9.17) is 12.2 Å². The zero-order valence-electron chi connectivity index (χ0n) is 8.45. The first kappa shape index (κ1) is 13.9. The lowest BCUT2D eigenvalue weighted by atomic mass is 10.3. The van der Waals surface area contributed by atoms with Crippen LogP contribution in [0, 0.1) is 0 Å². The number of nitrogens with one attached hydrogen (secondary N) is 1. The number of aromatic nitrogens is 1. The molecule has 0 bridgehead atoms. The molecule has 2 rings (SSSR count). The minimum atomic E-state index is -0.397. The van der Waals surface area contributed by atoms with E-state index in [0.717, 1.165) is 5.01 Å². The van der Waals surface area contributed by atoms with Crippen LogP contribution in [-0.4, -0.2) is 31.9 Å². The third-order valence-electron chi connectivity index (χ3n) is 1.89. The Bertz CT molecular complexity index is 439. The highest BCUT2D eigenvalue weighted by molar-refractivity contribution is 8.23.